The highest BCUT2D eigenvalue weighted by molar-refractivity contribution is 9.10. The number of hydrogen-bond acceptors (Lipinski definition) is 3. The summed E-state index contributed by atoms with van der Waals surface area (Å²) in [5.41, 5.74) is 9.95. The quantitative estimate of drug-likeness (QED) is 0.889. The summed E-state index contributed by atoms with van der Waals surface area (Å²) >= 11 is 3.57. The molecule has 23 heavy (non-hydrogen) atoms. The van der Waals surface area contributed by atoms with Crippen molar-refractivity contribution >= 4 is 38.4 Å². The molecule has 2 heterocycles. The average Bonchev–Trinajstić information content (AvgIpc) is 2.49. The molecule has 1 aliphatic rings. The van der Waals surface area contributed by atoms with E-state index in [1.54, 1.807) is 0 Å². The van der Waals surface area contributed by atoms with Crippen molar-refractivity contribution in [3.05, 3.63) is 33.9 Å². The number of hydrogen-bond donors (Lipinski definition) is 1. The van der Waals surface area contributed by atoms with Crippen LogP contribution >= 0.6 is 15.9 Å². The lowest BCUT2D eigenvalue weighted by Crippen LogP contribution is -2.37. The van der Waals surface area contributed by atoms with Gasteiger partial charge in [-0.25, -0.2) is 0 Å². The van der Waals surface area contributed by atoms with Crippen LogP contribution in [-0.2, 0) is 4.79 Å². The highest BCUT2D eigenvalue weighted by atomic mass is 79.9. The molecule has 0 bridgehead atoms. The summed E-state index contributed by atoms with van der Waals surface area (Å²) in [5.74, 6) is 0.142. The van der Waals surface area contributed by atoms with Crippen molar-refractivity contribution in [2.75, 3.05) is 18.0 Å². The van der Waals surface area contributed by atoms with Crippen LogP contribution in [0.2, 0.25) is 0 Å². The molecule has 1 fully saturated rings. The van der Waals surface area contributed by atoms with Crippen LogP contribution in [0, 0.1) is 19.8 Å². The van der Waals surface area contributed by atoms with Gasteiger partial charge in [-0.05, 0) is 56.4 Å². The molecule has 1 amide bonds. The molecule has 0 radical (unpaired) electrons. The van der Waals surface area contributed by atoms with E-state index in [4.69, 9.17) is 10.7 Å². The summed E-state index contributed by atoms with van der Waals surface area (Å²) in [7, 11) is 0. The van der Waals surface area contributed by atoms with Crippen molar-refractivity contribution < 1.29 is 4.79 Å². The minimum absolute atomic E-state index is 0.202. The third-order valence-corrected chi connectivity index (χ3v) is 5.22. The Labute approximate surface area is 145 Å². The van der Waals surface area contributed by atoms with Gasteiger partial charge in [0.25, 0.3) is 0 Å². The number of benzene rings is 1. The van der Waals surface area contributed by atoms with Gasteiger partial charge in [0.2, 0.25) is 5.91 Å². The van der Waals surface area contributed by atoms with E-state index in [2.05, 4.69) is 46.8 Å². The molecule has 0 spiro atoms. The Morgan fingerprint density at radius 1 is 1.43 bits per heavy atom. The van der Waals surface area contributed by atoms with Gasteiger partial charge in [-0.2, -0.15) is 0 Å². The van der Waals surface area contributed by atoms with E-state index in [-0.39, 0.29) is 5.91 Å². The fourth-order valence-corrected chi connectivity index (χ4v) is 3.92. The fraction of sp³-hybridized carbons (Fsp3) is 0.444. The molecule has 2 aromatic rings. The molecule has 1 saturated heterocycles. The average molecular weight is 376 g/mol. The molecule has 5 heteroatoms. The molecule has 0 saturated carbocycles. The van der Waals surface area contributed by atoms with Crippen LogP contribution in [-0.4, -0.2) is 24.0 Å². The van der Waals surface area contributed by atoms with Gasteiger partial charge in [0.15, 0.2) is 0 Å². The van der Waals surface area contributed by atoms with Crippen LogP contribution in [0.1, 0.15) is 30.5 Å². The van der Waals surface area contributed by atoms with E-state index in [0.717, 1.165) is 41.6 Å². The predicted molar refractivity (Wildman–Crippen MR) is 97.7 cm³/mol. The SMILES string of the molecule is Cc1nc2ccc(Br)cc2c(N2CCCC(CC(N)=O)C2)c1C. The molecule has 1 aliphatic heterocycles. The predicted octanol–water partition coefficient (Wildman–Crippen LogP) is 3.71. The number of piperidine rings is 1. The summed E-state index contributed by atoms with van der Waals surface area (Å²) in [6, 6.07) is 6.22. The molecule has 1 aromatic heterocycles. The molecule has 3 rings (SSSR count). The van der Waals surface area contributed by atoms with Crippen LogP contribution in [0.3, 0.4) is 0 Å². The molecule has 0 aliphatic carbocycles. The molecule has 2 N–H and O–H groups in total. The number of pyridine rings is 1. The number of anilines is 1. The van der Waals surface area contributed by atoms with Crippen molar-refractivity contribution in [1.29, 1.82) is 0 Å². The van der Waals surface area contributed by atoms with Crippen molar-refractivity contribution in [3.63, 3.8) is 0 Å². The highest BCUT2D eigenvalue weighted by Gasteiger charge is 2.24. The molecular weight excluding hydrogens is 354 g/mol. The zero-order chi connectivity index (χ0) is 16.6. The Kier molecular flexibility index (Phi) is 4.57. The Balaban J connectivity index is 2.05. The summed E-state index contributed by atoms with van der Waals surface area (Å²) in [6.45, 7) is 6.09. The Bertz CT molecular complexity index is 760. The normalized spacial score (nSPS) is 18.4. The lowest BCUT2D eigenvalue weighted by molar-refractivity contribution is -0.118. The number of nitrogens with two attached hydrogens (primary N) is 1. The van der Waals surface area contributed by atoms with Gasteiger partial charge >= 0.3 is 0 Å². The molecule has 1 unspecified atom stereocenters. The topological polar surface area (TPSA) is 59.2 Å². The van der Waals surface area contributed by atoms with E-state index in [1.807, 2.05) is 6.07 Å². The van der Waals surface area contributed by atoms with E-state index in [9.17, 15) is 4.79 Å². The van der Waals surface area contributed by atoms with Gasteiger partial charge < -0.3 is 10.6 Å². The van der Waals surface area contributed by atoms with Gasteiger partial charge in [0.1, 0.15) is 0 Å². The van der Waals surface area contributed by atoms with Crippen molar-refractivity contribution in [2.45, 2.75) is 33.1 Å². The van der Waals surface area contributed by atoms with Gasteiger partial charge in [-0.15, -0.1) is 0 Å². The van der Waals surface area contributed by atoms with Crippen molar-refractivity contribution in [1.82, 2.24) is 4.98 Å². The van der Waals surface area contributed by atoms with E-state index >= 15 is 0 Å². The first-order valence-corrected chi connectivity index (χ1v) is 8.84. The first-order chi connectivity index (χ1) is 11.0. The number of carbonyl (C=O) groups excluding carboxylic acids is 1. The summed E-state index contributed by atoms with van der Waals surface area (Å²) < 4.78 is 1.06. The maximum absolute atomic E-state index is 11.3. The number of rotatable bonds is 3. The fourth-order valence-electron chi connectivity index (χ4n) is 3.56. The standard InChI is InChI=1S/C18H22BrN3O/c1-11-12(2)21-16-6-5-14(19)9-15(16)18(11)22-7-3-4-13(10-22)8-17(20)23/h5-6,9,13H,3-4,7-8,10H2,1-2H3,(H2,20,23). The van der Waals surface area contributed by atoms with Crippen LogP contribution in [0.5, 0.6) is 0 Å². The largest absolute Gasteiger partial charge is 0.370 e. The van der Waals surface area contributed by atoms with Gasteiger partial charge in [-0.1, -0.05) is 15.9 Å². The van der Waals surface area contributed by atoms with E-state index in [1.165, 1.54) is 16.6 Å². The second kappa shape index (κ2) is 6.48. The molecule has 1 atom stereocenters. The zero-order valence-electron chi connectivity index (χ0n) is 13.6. The number of carbonyl (C=O) groups is 1. The third kappa shape index (κ3) is 3.34. The zero-order valence-corrected chi connectivity index (χ0v) is 15.2. The van der Waals surface area contributed by atoms with Gasteiger partial charge in [-0.3, -0.25) is 9.78 Å². The maximum atomic E-state index is 11.3. The minimum atomic E-state index is -0.202. The number of amides is 1. The summed E-state index contributed by atoms with van der Waals surface area (Å²) in [4.78, 5) is 18.4. The monoisotopic (exact) mass is 375 g/mol. The second-order valence-corrected chi connectivity index (χ2v) is 7.37. The minimum Gasteiger partial charge on any atom is -0.370 e. The number of aromatic nitrogens is 1. The third-order valence-electron chi connectivity index (χ3n) is 4.72. The Hall–Kier alpha value is -1.62. The second-order valence-electron chi connectivity index (χ2n) is 6.46. The van der Waals surface area contributed by atoms with Crippen LogP contribution in [0.4, 0.5) is 5.69 Å². The summed E-state index contributed by atoms with van der Waals surface area (Å²) in [5, 5.41) is 1.17. The number of aryl methyl sites for hydroxylation is 1. The number of primary amides is 1. The number of fused-ring (bicyclic) bond motifs is 1. The van der Waals surface area contributed by atoms with Crippen molar-refractivity contribution in [2.24, 2.45) is 11.7 Å². The van der Waals surface area contributed by atoms with Crippen LogP contribution in [0.15, 0.2) is 22.7 Å². The highest BCUT2D eigenvalue weighted by Crippen LogP contribution is 2.35. The molecular formula is C18H22BrN3O. The van der Waals surface area contributed by atoms with Crippen molar-refractivity contribution in [3.8, 4) is 0 Å². The number of halogens is 1. The lowest BCUT2D eigenvalue weighted by atomic mass is 9.93. The van der Waals surface area contributed by atoms with E-state index in [0.29, 0.717) is 12.3 Å². The first kappa shape index (κ1) is 16.2. The number of nitrogens with zero attached hydrogens (tertiary/aromatic N) is 2. The Morgan fingerprint density at radius 2 is 2.22 bits per heavy atom. The van der Waals surface area contributed by atoms with Crippen LogP contribution < -0.4 is 10.6 Å². The maximum Gasteiger partial charge on any atom is 0.217 e. The molecule has 1 aromatic carbocycles. The van der Waals surface area contributed by atoms with Gasteiger partial charge in [0.05, 0.1) is 11.2 Å². The Morgan fingerprint density at radius 3 is 2.96 bits per heavy atom. The summed E-state index contributed by atoms with van der Waals surface area (Å²) in [6.07, 6.45) is 2.64. The van der Waals surface area contributed by atoms with E-state index < -0.39 is 0 Å². The molecule has 4 nitrogen and oxygen atoms in total. The van der Waals surface area contributed by atoms with Gasteiger partial charge in [0, 0.05) is 35.1 Å². The molecule has 122 valence electrons. The van der Waals surface area contributed by atoms with Crippen LogP contribution in [0.25, 0.3) is 10.9 Å². The smallest absolute Gasteiger partial charge is 0.217 e. The first-order valence-electron chi connectivity index (χ1n) is 8.05. The lowest BCUT2D eigenvalue weighted by Gasteiger charge is -2.36.